The van der Waals surface area contributed by atoms with E-state index in [0.717, 1.165) is 29.5 Å². The molecular weight excluding hydrogens is 528 g/mol. The average Bonchev–Trinajstić information content (AvgIpc) is 3.19. The summed E-state index contributed by atoms with van der Waals surface area (Å²) in [6.07, 6.45) is -9.96. The fourth-order valence-corrected chi connectivity index (χ4v) is 3.81. The molecule has 1 saturated heterocycles. The van der Waals surface area contributed by atoms with Crippen LogP contribution in [0.5, 0.6) is 0 Å². The number of fused-ring (bicyclic) bond motifs is 1. The van der Waals surface area contributed by atoms with Gasteiger partial charge in [0.05, 0.1) is 24.6 Å². The van der Waals surface area contributed by atoms with Gasteiger partial charge in [-0.25, -0.2) is 27.9 Å². The number of aromatic amines is 1. The number of alkyl halides is 6. The highest BCUT2D eigenvalue weighted by atomic mass is 19.4. The van der Waals surface area contributed by atoms with Crippen molar-refractivity contribution in [2.24, 2.45) is 0 Å². The monoisotopic (exact) mass is 549 g/mol. The Balaban J connectivity index is 1.30. The van der Waals surface area contributed by atoms with Crippen molar-refractivity contribution >= 4 is 23.5 Å². The minimum absolute atomic E-state index is 0.0153. The minimum Gasteiger partial charge on any atom is -0.441 e. The van der Waals surface area contributed by atoms with E-state index in [0.29, 0.717) is 0 Å². The largest absolute Gasteiger partial charge is 0.522 e. The van der Waals surface area contributed by atoms with Gasteiger partial charge in [0.1, 0.15) is 17.4 Å². The van der Waals surface area contributed by atoms with Gasteiger partial charge in [-0.05, 0) is 19.8 Å². The van der Waals surface area contributed by atoms with Crippen molar-refractivity contribution < 1.29 is 45.3 Å². The van der Waals surface area contributed by atoms with Crippen LogP contribution < -0.4 is 10.6 Å². The molecule has 1 aliphatic heterocycles. The number of imidazole rings is 1. The van der Waals surface area contributed by atoms with Crippen molar-refractivity contribution in [1.29, 1.82) is 0 Å². The number of aromatic nitrogens is 5. The van der Waals surface area contributed by atoms with E-state index in [-0.39, 0.29) is 40.9 Å². The summed E-state index contributed by atoms with van der Waals surface area (Å²) < 4.78 is 94.4. The lowest BCUT2D eigenvalue weighted by Crippen LogP contribution is -2.39. The zero-order chi connectivity index (χ0) is 27.2. The van der Waals surface area contributed by atoms with Crippen molar-refractivity contribution in [2.75, 3.05) is 11.9 Å². The minimum atomic E-state index is -4.91. The first-order valence-electron chi connectivity index (χ1n) is 11.3. The number of hydrogen-bond acceptors (Lipinski definition) is 8. The fourth-order valence-electron chi connectivity index (χ4n) is 3.81. The maximum Gasteiger partial charge on any atom is 0.522 e. The molecule has 2 fully saturated rings. The van der Waals surface area contributed by atoms with Crippen LogP contribution in [0.15, 0.2) is 18.3 Å². The fraction of sp³-hybridized carbons (Fsp3) is 0.524. The van der Waals surface area contributed by atoms with Crippen LogP contribution in [-0.2, 0) is 20.8 Å². The van der Waals surface area contributed by atoms with Gasteiger partial charge in [-0.15, -0.1) is 13.2 Å². The molecule has 1 aliphatic carbocycles. The topological polar surface area (TPSA) is 128 Å². The summed E-state index contributed by atoms with van der Waals surface area (Å²) in [6.45, 7) is 0.696. The zero-order valence-electron chi connectivity index (χ0n) is 19.6. The van der Waals surface area contributed by atoms with Gasteiger partial charge in [-0.1, -0.05) is 0 Å². The molecule has 3 atom stereocenters. The summed E-state index contributed by atoms with van der Waals surface area (Å²) >= 11 is 0. The van der Waals surface area contributed by atoms with Crippen molar-refractivity contribution in [1.82, 2.24) is 29.9 Å². The normalized spacial score (nSPS) is 22.7. The highest BCUT2D eigenvalue weighted by Gasteiger charge is 2.44. The van der Waals surface area contributed by atoms with Gasteiger partial charge < -0.3 is 20.1 Å². The maximum absolute atomic E-state index is 15.0. The number of carbonyl (C=O) groups is 1. The van der Waals surface area contributed by atoms with E-state index in [1.807, 2.05) is 6.92 Å². The van der Waals surface area contributed by atoms with Crippen molar-refractivity contribution in [3.63, 3.8) is 0 Å². The zero-order valence-corrected chi connectivity index (χ0v) is 19.6. The van der Waals surface area contributed by atoms with Crippen molar-refractivity contribution in [2.45, 2.75) is 63.1 Å². The second-order valence-electron chi connectivity index (χ2n) is 9.16. The number of nitrogens with zero attached hydrogens (tertiary/aromatic N) is 4. The Morgan fingerprint density at radius 2 is 2.08 bits per heavy atom. The highest BCUT2D eigenvalue weighted by Crippen LogP contribution is 2.36. The summed E-state index contributed by atoms with van der Waals surface area (Å²) in [6, 6.07) is 2.25. The van der Waals surface area contributed by atoms with E-state index in [9.17, 15) is 31.1 Å². The van der Waals surface area contributed by atoms with Crippen LogP contribution >= 0.6 is 0 Å². The molecule has 11 nitrogen and oxygen atoms in total. The number of anilines is 2. The molecule has 3 aromatic heterocycles. The van der Waals surface area contributed by atoms with Gasteiger partial charge in [-0.2, -0.15) is 5.10 Å². The second kappa shape index (κ2) is 9.61. The highest BCUT2D eigenvalue weighted by molar-refractivity contribution is 5.69. The molecule has 206 valence electrons. The molecule has 5 rings (SSSR count). The quantitative estimate of drug-likeness (QED) is 0.357. The van der Waals surface area contributed by atoms with Crippen LogP contribution in [0, 0.1) is 0 Å². The average molecular weight is 549 g/mol. The molecular formula is C21H21F6N7O4. The Labute approximate surface area is 209 Å². The van der Waals surface area contributed by atoms with Gasteiger partial charge in [0, 0.05) is 23.9 Å². The number of carbonyl (C=O) groups excluding carboxylic acids is 1. The van der Waals surface area contributed by atoms with Gasteiger partial charge in [0.25, 0.3) is 6.43 Å². The number of nitrogens with one attached hydrogen (secondary N) is 3. The predicted molar refractivity (Wildman–Crippen MR) is 115 cm³/mol. The number of ether oxygens (including phenoxy) is 3. The third-order valence-corrected chi connectivity index (χ3v) is 6.02. The number of alkyl carbamates (subject to hydrolysis) is 1. The summed E-state index contributed by atoms with van der Waals surface area (Å²) in [5.74, 6) is -0.223. The van der Waals surface area contributed by atoms with Crippen LogP contribution in [0.3, 0.4) is 0 Å². The van der Waals surface area contributed by atoms with Crippen molar-refractivity contribution in [3.8, 4) is 0 Å². The molecule has 0 radical (unpaired) electrons. The van der Waals surface area contributed by atoms with E-state index >= 15 is 0 Å². The standard InChI is InChI=1S/C21H21F6N7O4/c1-20(2-3-20)31-19(35)38-12-8-36-16(15(12)22)10-4-13(33-32-10)30-18-29-11(17(23)24)5-14-28-9(6-34(14)18)7-37-21(25,26)27/h4-6,12,15-17H,2-3,7-8H2,1H3,(H,31,35)(H2,29,30,32,33)/t12-,15+,16-/m0/s1. The summed E-state index contributed by atoms with van der Waals surface area (Å²) in [5.41, 5.74) is -1.17. The Hall–Kier alpha value is -3.60. The van der Waals surface area contributed by atoms with Gasteiger partial charge in [-0.3, -0.25) is 14.2 Å². The smallest absolute Gasteiger partial charge is 0.441 e. The number of hydrogen-bond donors (Lipinski definition) is 3. The second-order valence-corrected chi connectivity index (χ2v) is 9.16. The lowest BCUT2D eigenvalue weighted by molar-refractivity contribution is -0.330. The molecule has 4 heterocycles. The molecule has 0 unspecified atom stereocenters. The molecule has 2 aliphatic rings. The van der Waals surface area contributed by atoms with Gasteiger partial charge in [0.2, 0.25) is 5.95 Å². The Kier molecular flexibility index (Phi) is 6.58. The SMILES string of the molecule is CC1(NC(=O)O[C@H]2CO[C@@H](c3cc(Nc4nc(C(F)F)cc5nc(COC(F)(F)F)cn45)n[nH]3)[C@@H]2F)CC1. The summed E-state index contributed by atoms with van der Waals surface area (Å²) in [5, 5.41) is 11.8. The Morgan fingerprint density at radius 1 is 1.32 bits per heavy atom. The maximum atomic E-state index is 15.0. The first-order chi connectivity index (χ1) is 17.9. The molecule has 3 aromatic rings. The molecule has 38 heavy (non-hydrogen) atoms. The number of amides is 1. The lowest BCUT2D eigenvalue weighted by atomic mass is 10.1. The van der Waals surface area contributed by atoms with Crippen LogP contribution in [0.1, 0.15) is 49.4 Å². The predicted octanol–water partition coefficient (Wildman–Crippen LogP) is 4.23. The van der Waals surface area contributed by atoms with E-state index < -0.39 is 49.6 Å². The third kappa shape index (κ3) is 5.77. The van der Waals surface area contributed by atoms with Crippen molar-refractivity contribution in [3.05, 3.63) is 35.4 Å². The molecule has 1 saturated carbocycles. The molecule has 1 amide bonds. The Morgan fingerprint density at radius 3 is 2.76 bits per heavy atom. The molecule has 0 aromatic carbocycles. The molecule has 3 N–H and O–H groups in total. The lowest BCUT2D eigenvalue weighted by Gasteiger charge is -2.17. The third-order valence-electron chi connectivity index (χ3n) is 6.02. The van der Waals surface area contributed by atoms with Gasteiger partial charge >= 0.3 is 12.5 Å². The van der Waals surface area contributed by atoms with E-state index in [1.165, 1.54) is 6.07 Å². The number of rotatable bonds is 8. The summed E-state index contributed by atoms with van der Waals surface area (Å²) in [7, 11) is 0. The van der Waals surface area contributed by atoms with Crippen LogP contribution in [-0.4, -0.2) is 61.4 Å². The van der Waals surface area contributed by atoms with Crippen LogP contribution in [0.2, 0.25) is 0 Å². The first kappa shape index (κ1) is 26.0. The number of halogens is 6. The summed E-state index contributed by atoms with van der Waals surface area (Å²) in [4.78, 5) is 19.7. The molecule has 0 spiro atoms. The van der Waals surface area contributed by atoms with E-state index in [4.69, 9.17) is 9.47 Å². The van der Waals surface area contributed by atoms with Gasteiger partial charge in [0.15, 0.2) is 18.1 Å². The first-order valence-corrected chi connectivity index (χ1v) is 11.3. The molecule has 0 bridgehead atoms. The number of H-pyrrole nitrogens is 1. The van der Waals surface area contributed by atoms with Crippen LogP contribution in [0.4, 0.5) is 42.9 Å². The van der Waals surface area contributed by atoms with E-state index in [2.05, 4.69) is 35.5 Å². The Bertz CT molecular complexity index is 1330. The van der Waals surface area contributed by atoms with Crippen LogP contribution in [0.25, 0.3) is 5.65 Å². The van der Waals surface area contributed by atoms with E-state index in [1.54, 1.807) is 0 Å². The molecule has 17 heteroatoms.